The number of allylic oxidation sites excluding steroid dienone is 2. The van der Waals surface area contributed by atoms with E-state index in [1.807, 2.05) is 30.3 Å². The maximum absolute atomic E-state index is 13.1. The number of nitrogens with one attached hydrogen (secondary N) is 2. The van der Waals surface area contributed by atoms with Gasteiger partial charge in [0.15, 0.2) is 6.29 Å². The Morgan fingerprint density at radius 3 is 2.46 bits per heavy atom. The number of aldehydes is 1. The van der Waals surface area contributed by atoms with E-state index >= 15 is 0 Å². The lowest BCUT2D eigenvalue weighted by Crippen LogP contribution is -2.45. The van der Waals surface area contributed by atoms with Gasteiger partial charge < -0.3 is 10.1 Å². The summed E-state index contributed by atoms with van der Waals surface area (Å²) in [6.07, 6.45) is 2.55. The van der Waals surface area contributed by atoms with Crippen molar-refractivity contribution in [3.63, 3.8) is 0 Å². The van der Waals surface area contributed by atoms with Crippen LogP contribution in [0, 0.1) is 5.82 Å². The molecule has 2 aromatic rings. The molecule has 6 nitrogen and oxygen atoms in total. The molecule has 1 aliphatic rings. The summed E-state index contributed by atoms with van der Waals surface area (Å²) in [4.78, 5) is 35.1. The molecule has 0 aromatic heterocycles. The van der Waals surface area contributed by atoms with Gasteiger partial charge in [-0.3, -0.25) is 14.9 Å². The zero-order valence-corrected chi connectivity index (χ0v) is 14.7. The van der Waals surface area contributed by atoms with Gasteiger partial charge in [0.1, 0.15) is 18.5 Å². The number of hydrogen-bond donors (Lipinski definition) is 2. The van der Waals surface area contributed by atoms with E-state index in [1.54, 1.807) is 6.08 Å². The first-order chi connectivity index (χ1) is 13.6. The number of carbonyl (C=O) groups excluding carboxylic acids is 3. The maximum Gasteiger partial charge on any atom is 0.411 e. The van der Waals surface area contributed by atoms with E-state index < -0.39 is 17.9 Å². The van der Waals surface area contributed by atoms with Gasteiger partial charge in [-0.25, -0.2) is 9.18 Å². The van der Waals surface area contributed by atoms with Crippen molar-refractivity contribution >= 4 is 23.9 Å². The highest BCUT2D eigenvalue weighted by Gasteiger charge is 2.27. The van der Waals surface area contributed by atoms with Gasteiger partial charge in [0.25, 0.3) is 0 Å². The van der Waals surface area contributed by atoms with Crippen molar-refractivity contribution in [1.29, 1.82) is 0 Å². The zero-order valence-electron chi connectivity index (χ0n) is 14.7. The minimum Gasteiger partial charge on any atom is -0.444 e. The smallest absolute Gasteiger partial charge is 0.411 e. The number of hydrogen-bond acceptors (Lipinski definition) is 5. The van der Waals surface area contributed by atoms with E-state index in [1.165, 1.54) is 30.3 Å². The van der Waals surface area contributed by atoms with Crippen molar-refractivity contribution in [3.05, 3.63) is 89.4 Å². The first kappa shape index (κ1) is 19.0. The fourth-order valence-corrected chi connectivity index (χ4v) is 2.64. The molecule has 0 fully saturated rings. The third-order valence-corrected chi connectivity index (χ3v) is 4.06. The van der Waals surface area contributed by atoms with Gasteiger partial charge in [-0.1, -0.05) is 42.5 Å². The van der Waals surface area contributed by atoms with Crippen LogP contribution in [0.1, 0.15) is 11.1 Å². The van der Waals surface area contributed by atoms with E-state index in [0.29, 0.717) is 11.3 Å². The molecule has 2 aromatic carbocycles. The Morgan fingerprint density at radius 2 is 1.79 bits per heavy atom. The summed E-state index contributed by atoms with van der Waals surface area (Å²) < 4.78 is 18.2. The number of halogens is 1. The van der Waals surface area contributed by atoms with Crippen molar-refractivity contribution in [2.45, 2.75) is 12.6 Å². The molecule has 1 aliphatic heterocycles. The average Bonchev–Trinajstić information content (AvgIpc) is 2.73. The Morgan fingerprint density at radius 1 is 1.07 bits per heavy atom. The molecule has 7 heteroatoms. The molecule has 0 spiro atoms. The highest BCUT2D eigenvalue weighted by molar-refractivity contribution is 6.28. The number of ketones is 1. The highest BCUT2D eigenvalue weighted by atomic mass is 19.1. The first-order valence-corrected chi connectivity index (χ1v) is 8.48. The molecule has 142 valence electrons. The van der Waals surface area contributed by atoms with Crippen molar-refractivity contribution in [2.24, 2.45) is 0 Å². The molecule has 1 atom stereocenters. The number of amides is 1. The van der Waals surface area contributed by atoms with Gasteiger partial charge in [0.05, 0.1) is 5.70 Å². The molecule has 1 amide bonds. The number of alkyl carbamates (subject to hydrolysis) is 1. The topological polar surface area (TPSA) is 84.5 Å². The standard InChI is InChI=1S/C21H17FN2O4/c22-16-8-6-15(7-9-16)17-10-11-18(20(23-17)19(26)12-25)24-21(27)28-13-14-4-2-1-3-5-14/h1-12,20,23H,13H2,(H,24,27). The third kappa shape index (κ3) is 4.70. The Balaban J connectivity index is 1.73. The number of rotatable bonds is 6. The summed E-state index contributed by atoms with van der Waals surface area (Å²) in [6.45, 7) is 0.0658. The Hall–Kier alpha value is -3.74. The van der Waals surface area contributed by atoms with E-state index in [4.69, 9.17) is 4.74 Å². The monoisotopic (exact) mass is 380 g/mol. The van der Waals surface area contributed by atoms with Gasteiger partial charge >= 0.3 is 6.09 Å². The minimum atomic E-state index is -1.08. The second-order valence-electron chi connectivity index (χ2n) is 5.99. The molecule has 0 radical (unpaired) electrons. The molecule has 28 heavy (non-hydrogen) atoms. The molecule has 2 N–H and O–H groups in total. The quantitative estimate of drug-likeness (QED) is 0.595. The van der Waals surface area contributed by atoms with Crippen molar-refractivity contribution < 1.29 is 23.5 Å². The van der Waals surface area contributed by atoms with Crippen LogP contribution in [0.25, 0.3) is 5.70 Å². The second-order valence-corrected chi connectivity index (χ2v) is 5.99. The van der Waals surface area contributed by atoms with Crippen molar-refractivity contribution in [1.82, 2.24) is 10.6 Å². The van der Waals surface area contributed by atoms with Gasteiger partial charge in [0.2, 0.25) is 5.78 Å². The molecular formula is C21H17FN2O4. The number of benzene rings is 2. The van der Waals surface area contributed by atoms with Gasteiger partial charge in [0, 0.05) is 5.70 Å². The van der Waals surface area contributed by atoms with E-state index in [-0.39, 0.29) is 24.4 Å². The van der Waals surface area contributed by atoms with Gasteiger partial charge in [-0.15, -0.1) is 0 Å². The van der Waals surface area contributed by atoms with E-state index in [0.717, 1.165) is 5.56 Å². The molecule has 3 rings (SSSR count). The number of ether oxygens (including phenoxy) is 1. The normalized spacial score (nSPS) is 15.5. The Labute approximate surface area is 160 Å². The number of Topliss-reactive ketones (excluding diaryl/α,β-unsaturated/α-hetero) is 1. The maximum atomic E-state index is 13.1. The van der Waals surface area contributed by atoms with E-state index in [9.17, 15) is 18.8 Å². The average molecular weight is 380 g/mol. The molecule has 0 bridgehead atoms. The Kier molecular flexibility index (Phi) is 5.96. The van der Waals surface area contributed by atoms with Crippen LogP contribution in [0.2, 0.25) is 0 Å². The fraction of sp³-hybridized carbons (Fsp3) is 0.0952. The second kappa shape index (κ2) is 8.77. The van der Waals surface area contributed by atoms with Crippen molar-refractivity contribution in [3.8, 4) is 0 Å². The molecular weight excluding hydrogens is 363 g/mol. The predicted octanol–water partition coefficient (Wildman–Crippen LogP) is 2.72. The van der Waals surface area contributed by atoms with Crippen LogP contribution in [0.4, 0.5) is 9.18 Å². The molecule has 0 saturated carbocycles. The fourth-order valence-electron chi connectivity index (χ4n) is 2.64. The lowest BCUT2D eigenvalue weighted by Gasteiger charge is -2.25. The lowest BCUT2D eigenvalue weighted by molar-refractivity contribution is -0.130. The molecule has 1 unspecified atom stereocenters. The molecule has 1 heterocycles. The number of carbonyl (C=O) groups is 3. The van der Waals surface area contributed by atoms with Gasteiger partial charge in [-0.05, 0) is 35.4 Å². The van der Waals surface area contributed by atoms with Crippen LogP contribution in [-0.4, -0.2) is 24.2 Å². The summed E-state index contributed by atoms with van der Waals surface area (Å²) in [5, 5.41) is 5.38. The largest absolute Gasteiger partial charge is 0.444 e. The predicted molar refractivity (Wildman–Crippen MR) is 100 cm³/mol. The van der Waals surface area contributed by atoms with Crippen LogP contribution in [0.5, 0.6) is 0 Å². The van der Waals surface area contributed by atoms with Crippen LogP contribution in [-0.2, 0) is 20.9 Å². The summed E-state index contributed by atoms with van der Waals surface area (Å²) in [5.74, 6) is -1.15. The lowest BCUT2D eigenvalue weighted by atomic mass is 10.0. The van der Waals surface area contributed by atoms with Crippen LogP contribution < -0.4 is 10.6 Å². The first-order valence-electron chi connectivity index (χ1n) is 8.48. The van der Waals surface area contributed by atoms with Crippen LogP contribution >= 0.6 is 0 Å². The molecule has 0 saturated heterocycles. The van der Waals surface area contributed by atoms with Gasteiger partial charge in [-0.2, -0.15) is 0 Å². The highest BCUT2D eigenvalue weighted by Crippen LogP contribution is 2.19. The van der Waals surface area contributed by atoms with Crippen LogP contribution in [0.3, 0.4) is 0 Å². The number of dihydropyridines is 1. The molecule has 0 aliphatic carbocycles. The third-order valence-electron chi connectivity index (χ3n) is 4.06. The summed E-state index contributed by atoms with van der Waals surface area (Å²) in [7, 11) is 0. The minimum absolute atomic E-state index is 0.0658. The van der Waals surface area contributed by atoms with Crippen molar-refractivity contribution in [2.75, 3.05) is 0 Å². The van der Waals surface area contributed by atoms with Crippen LogP contribution in [0.15, 0.2) is 72.4 Å². The zero-order chi connectivity index (χ0) is 19.9. The summed E-state index contributed by atoms with van der Waals surface area (Å²) in [5.41, 5.74) is 2.14. The summed E-state index contributed by atoms with van der Waals surface area (Å²) >= 11 is 0. The van der Waals surface area contributed by atoms with E-state index in [2.05, 4.69) is 10.6 Å². The summed E-state index contributed by atoms with van der Waals surface area (Å²) in [6, 6.07) is 13.7. The Bertz CT molecular complexity index is 937. The SMILES string of the molecule is O=CC(=O)C1NC(c2ccc(F)cc2)=CC=C1NC(=O)OCc1ccccc1.